The molecule has 16 rings (SSSR count). The van der Waals surface area contributed by atoms with E-state index in [1.54, 1.807) is 0 Å². The van der Waals surface area contributed by atoms with Crippen molar-refractivity contribution < 1.29 is 52.5 Å². The van der Waals surface area contributed by atoms with E-state index in [1.165, 1.54) is 30.5 Å². The number of hydrogen-bond donors (Lipinski definition) is 2. The Morgan fingerprint density at radius 1 is 0.317 bits per heavy atom. The fraction of sp³-hybridized carbons (Fsp3) is 0.135. The van der Waals surface area contributed by atoms with Crippen molar-refractivity contribution in [1.82, 2.24) is 0 Å². The zero-order valence-corrected chi connectivity index (χ0v) is 74.0. The molecule has 0 saturated carbocycles. The average molecular weight is 1720 g/mol. The molecule has 4 nitrogen and oxygen atoms in total. The van der Waals surface area contributed by atoms with Crippen molar-refractivity contribution >= 4 is 121 Å². The number of hydrogen-bond acceptors (Lipinski definition) is 6. The summed E-state index contributed by atoms with van der Waals surface area (Å²) < 4.78 is 59.2. The molecule has 0 unspecified atom stereocenters. The molecule has 16 aromatic rings. The van der Waals surface area contributed by atoms with E-state index < -0.39 is 34.3 Å². The maximum atomic E-state index is 13.6. The van der Waals surface area contributed by atoms with Crippen LogP contribution in [0.4, 0.5) is 25.2 Å². The van der Waals surface area contributed by atoms with Gasteiger partial charge in [0.15, 0.2) is 14.4 Å². The Balaban J connectivity index is 0.00000141. The third kappa shape index (κ3) is 18.3. The van der Waals surface area contributed by atoms with E-state index in [-0.39, 0.29) is 38.6 Å². The molecule has 0 heterocycles. The first-order valence-corrected chi connectivity index (χ1v) is 48.9. The maximum absolute atomic E-state index is 13.6. The number of aromatic hydroxyl groups is 2. The van der Waals surface area contributed by atoms with Crippen LogP contribution in [-0.4, -0.2) is 37.1 Å². The molecule has 2 N–H and O–H groups in total. The summed E-state index contributed by atoms with van der Waals surface area (Å²) >= 11 is 4.08. The van der Waals surface area contributed by atoms with E-state index in [4.69, 9.17) is 9.98 Å². The molecule has 0 aliphatic rings. The molecule has 0 spiro atoms. The molecule has 16 heteroatoms. The van der Waals surface area contributed by atoms with Gasteiger partial charge >= 0.3 is 33.0 Å². The molecular formula is C104H92F6MnN2O2PS2Si2-. The topological polar surface area (TPSA) is 65.2 Å². The van der Waals surface area contributed by atoms with Crippen LogP contribution in [0.15, 0.2) is 359 Å². The second kappa shape index (κ2) is 33.6. The number of aliphatic imine (C=N–C) groups is 2. The number of fused-ring (bicyclic) bond motifs is 4. The van der Waals surface area contributed by atoms with Crippen LogP contribution in [0.2, 0.25) is 10.1 Å². The van der Waals surface area contributed by atoms with E-state index in [2.05, 4.69) is 409 Å². The third-order valence-corrected chi connectivity index (χ3v) is 42.6. The zero-order valence-electron chi connectivity index (χ0n) is 68.3. The Labute approximate surface area is 719 Å². The first kappa shape index (κ1) is 85.6. The van der Waals surface area contributed by atoms with Gasteiger partial charge in [0, 0.05) is 72.7 Å². The van der Waals surface area contributed by atoms with Crippen molar-refractivity contribution in [2.45, 2.75) is 101 Å². The quantitative estimate of drug-likeness (QED) is 0.0366. The molecule has 0 fully saturated rings. The van der Waals surface area contributed by atoms with E-state index in [0.29, 0.717) is 11.1 Å². The third-order valence-electron chi connectivity index (χ3n) is 22.4. The number of rotatable bonds is 19. The van der Waals surface area contributed by atoms with Gasteiger partial charge in [0.1, 0.15) is 23.6 Å². The van der Waals surface area contributed by atoms with E-state index in [0.717, 1.165) is 121 Å². The standard InChI is InChI=1S/C104H92N2O2S2Si2.F6P.Mn/c1-69-59-70(2)62-79(61-69)99(105-67-81-65-77-33-25-29-45-91(77)97(101(81)107)95-89-43-27-23-31-73(89)51-57-93(95)75-47-53-83(54-48-75)109-111(103(5,6)7,85-35-15-11-16-36-85)86-37-17-12-18-38-86)100(80-63-71(3)60-72(4)64-80)106-68-82-66-78-34-26-30-46-92(78)98(102(82)108)96-90-44-28-24-32-74(90)52-58-94(96)76-49-55-84(56-50-76)110-112(104(8,9)10,87-39-19-13-20-40-87)88-41-21-14-22-42-88;1-7(2,3,4,5)6;/h11-68,99-100,107-108H,1-10H3;;/q;-1;/t99-,100-;;/m0../s1. The molecule has 0 amide bonds. The van der Waals surface area contributed by atoms with Crippen LogP contribution in [0.25, 0.3) is 87.6 Å². The minimum absolute atomic E-state index is 0. The van der Waals surface area contributed by atoms with Crippen LogP contribution < -0.4 is 20.7 Å². The Hall–Kier alpha value is -10.8. The van der Waals surface area contributed by atoms with Gasteiger partial charge in [-0.2, -0.15) is 0 Å². The molecular weight excluding hydrogens is 1630 g/mol. The summed E-state index contributed by atoms with van der Waals surface area (Å²) in [6.07, 6.45) is 3.77. The van der Waals surface area contributed by atoms with Gasteiger partial charge in [0.25, 0.3) is 0 Å². The van der Waals surface area contributed by atoms with Gasteiger partial charge in [-0.3, -0.25) is 9.98 Å². The summed E-state index contributed by atoms with van der Waals surface area (Å²) in [6, 6.07) is 122. The predicted octanol–water partition coefficient (Wildman–Crippen LogP) is 29.3. The minimum atomic E-state index is -10.7. The van der Waals surface area contributed by atoms with Crippen LogP contribution in [0.3, 0.4) is 0 Å². The Morgan fingerprint density at radius 3 is 0.858 bits per heavy atom. The number of nitrogens with zero attached hydrogens (tertiary/aromatic N) is 2. The normalized spacial score (nSPS) is 13.4. The smallest absolute Gasteiger partial charge is 0 e. The largest absolute Gasteiger partial charge is 0 e. The zero-order chi connectivity index (χ0) is 83.9. The van der Waals surface area contributed by atoms with E-state index >= 15 is 0 Å². The monoisotopic (exact) mass is 1720 g/mol. The second-order valence-corrected chi connectivity index (χ2v) is 49.3. The van der Waals surface area contributed by atoms with Gasteiger partial charge in [0.05, 0.1) is 0 Å². The number of benzene rings is 16. The molecule has 16 aromatic carbocycles. The number of halogens is 6. The van der Waals surface area contributed by atoms with Gasteiger partial charge < -0.3 is 10.2 Å². The molecule has 120 heavy (non-hydrogen) atoms. The molecule has 1 radical (unpaired) electrons. The van der Waals surface area contributed by atoms with Crippen LogP contribution in [-0.2, 0) is 17.1 Å². The summed E-state index contributed by atoms with van der Waals surface area (Å²) in [6.45, 7) is 23.0. The van der Waals surface area contributed by atoms with Crippen molar-refractivity contribution in [2.24, 2.45) is 9.98 Å². The predicted molar refractivity (Wildman–Crippen MR) is 501 cm³/mol. The van der Waals surface area contributed by atoms with Crippen molar-refractivity contribution in [3.63, 3.8) is 0 Å². The summed E-state index contributed by atoms with van der Waals surface area (Å²) in [5, 5.41) is 40.7. The van der Waals surface area contributed by atoms with Crippen LogP contribution in [0.1, 0.15) is 98.1 Å². The van der Waals surface area contributed by atoms with Gasteiger partial charge in [-0.1, -0.05) is 367 Å². The summed E-state index contributed by atoms with van der Waals surface area (Å²) in [7, 11) is -15.7. The maximum Gasteiger partial charge on any atom is 0 e. The van der Waals surface area contributed by atoms with Crippen molar-refractivity contribution in [2.75, 3.05) is 0 Å². The molecule has 0 bridgehead atoms. The number of phenols is 2. The fourth-order valence-electron chi connectivity index (χ4n) is 17.4. The molecule has 0 aliphatic heterocycles. The molecule has 0 aromatic heterocycles. The summed E-state index contributed by atoms with van der Waals surface area (Å²) in [5.41, 5.74) is 15.0. The Kier molecular flexibility index (Phi) is 24.0. The van der Waals surface area contributed by atoms with Crippen molar-refractivity contribution in [3.8, 4) is 56.0 Å². The van der Waals surface area contributed by atoms with Crippen LogP contribution in [0.5, 0.6) is 11.5 Å². The molecule has 0 saturated heterocycles. The van der Waals surface area contributed by atoms with Gasteiger partial charge in [-0.05, 0) is 171 Å². The molecule has 605 valence electrons. The van der Waals surface area contributed by atoms with Crippen molar-refractivity contribution in [1.29, 1.82) is 0 Å². The first-order valence-electron chi connectivity index (χ1n) is 39.8. The molecule has 2 atom stereocenters. The Morgan fingerprint density at radius 2 is 0.575 bits per heavy atom. The van der Waals surface area contributed by atoms with Crippen molar-refractivity contribution in [3.05, 3.63) is 384 Å². The second-order valence-electron chi connectivity index (χ2n) is 33.1. The number of phenolic OH excluding ortho intramolecular Hbond substituents is 2. The Bertz CT molecular complexity index is 6020. The fourth-order valence-corrected chi connectivity index (χ4v) is 34.4. The SMILES string of the molecule is Cc1cc(C)cc([C@H](N=Cc2cc3ccccc3c(-c3c(-c4ccc(S[Si](c5ccccc5)(c5ccccc5)C(C)(C)C)cc4)ccc4ccccc34)c2O)[C@@H](N=Cc2cc3ccccc3c(-c3c(-c4ccc(S[Si](c5ccccc5)(c5ccccc5)C(C)(C)C)cc4)ccc4ccccc34)c2O)c2cc(C)cc(C)c2)c1.F[P-](F)(F)(F)(F)F.[Mn]. The summed E-state index contributed by atoms with van der Waals surface area (Å²) in [5.74, 6) is 0.271. The first-order chi connectivity index (χ1) is 56.7. The minimum Gasteiger partial charge on any atom is 0 e. The van der Waals surface area contributed by atoms with Crippen LogP contribution >= 0.6 is 30.2 Å². The average Bonchev–Trinajstić information content (AvgIpc) is 0.739. The molecule has 0 aliphatic carbocycles. The summed E-state index contributed by atoms with van der Waals surface area (Å²) in [4.78, 5) is 14.0. The van der Waals surface area contributed by atoms with Crippen LogP contribution in [0, 0.1) is 27.7 Å². The van der Waals surface area contributed by atoms with E-state index in [1.807, 2.05) is 34.9 Å². The van der Waals surface area contributed by atoms with Gasteiger partial charge in [0.2, 0.25) is 0 Å². The van der Waals surface area contributed by atoms with Gasteiger partial charge in [-0.15, -0.1) is 22.4 Å². The van der Waals surface area contributed by atoms with E-state index in [9.17, 15) is 35.4 Å². The van der Waals surface area contributed by atoms with Gasteiger partial charge in [-0.25, -0.2) is 0 Å². The number of aryl methyl sites for hydroxylation is 4.